The van der Waals surface area contributed by atoms with E-state index in [4.69, 9.17) is 11.6 Å². The normalized spacial score (nSPS) is 17.5. The number of nitrogens with zero attached hydrogens (tertiary/aromatic N) is 1. The van der Waals surface area contributed by atoms with E-state index in [1.807, 2.05) is 0 Å². The summed E-state index contributed by atoms with van der Waals surface area (Å²) in [4.78, 5) is 13.9. The molecule has 1 atom stereocenters. The van der Waals surface area contributed by atoms with Gasteiger partial charge in [-0.25, -0.2) is 4.79 Å². The predicted octanol–water partition coefficient (Wildman–Crippen LogP) is 6.66. The first-order valence-electron chi connectivity index (χ1n) is 8.19. The van der Waals surface area contributed by atoms with E-state index in [9.17, 15) is 31.1 Å². The first-order valence-corrected chi connectivity index (χ1v) is 9.62. The standard InChI is InChI=1S/C18H13ClF6N2OS/c19-13-3-1-2-10(6-13)15-27(4-5-29-15)16(28)26-14-8-11(17(20,21)22)7-12(9-14)18(23,24)25/h1-3,6-9,15H,4-5H2,(H,26,28). The lowest BCUT2D eigenvalue weighted by Crippen LogP contribution is -2.34. The van der Waals surface area contributed by atoms with Crippen molar-refractivity contribution in [2.45, 2.75) is 17.7 Å². The van der Waals surface area contributed by atoms with Gasteiger partial charge in [0, 0.05) is 23.0 Å². The highest BCUT2D eigenvalue weighted by atomic mass is 35.5. The van der Waals surface area contributed by atoms with Crippen molar-refractivity contribution in [3.63, 3.8) is 0 Å². The van der Waals surface area contributed by atoms with Crippen molar-refractivity contribution in [1.29, 1.82) is 0 Å². The number of benzene rings is 2. The summed E-state index contributed by atoms with van der Waals surface area (Å²) in [6.45, 7) is 0.277. The van der Waals surface area contributed by atoms with E-state index in [1.54, 1.807) is 24.3 Å². The number of urea groups is 1. The Bertz CT molecular complexity index is 886. The van der Waals surface area contributed by atoms with Crippen LogP contribution < -0.4 is 5.32 Å². The molecule has 0 aliphatic carbocycles. The molecule has 3 nitrogen and oxygen atoms in total. The quantitative estimate of drug-likeness (QED) is 0.515. The van der Waals surface area contributed by atoms with Crippen LogP contribution in [0.4, 0.5) is 36.8 Å². The zero-order valence-corrected chi connectivity index (χ0v) is 16.0. The highest BCUT2D eigenvalue weighted by Gasteiger charge is 2.37. The molecule has 1 unspecified atom stereocenters. The molecule has 1 saturated heterocycles. The number of nitrogens with one attached hydrogen (secondary N) is 1. The molecule has 1 fully saturated rings. The minimum absolute atomic E-state index is 0.0101. The van der Waals surface area contributed by atoms with E-state index < -0.39 is 40.6 Å². The van der Waals surface area contributed by atoms with Gasteiger partial charge >= 0.3 is 18.4 Å². The van der Waals surface area contributed by atoms with Gasteiger partial charge in [0.25, 0.3) is 0 Å². The summed E-state index contributed by atoms with van der Waals surface area (Å²) in [5.41, 5.74) is -2.87. The molecule has 2 amide bonds. The summed E-state index contributed by atoms with van der Waals surface area (Å²) in [6, 6.07) is 6.89. The summed E-state index contributed by atoms with van der Waals surface area (Å²) in [5, 5.41) is 2.15. The second-order valence-electron chi connectivity index (χ2n) is 6.20. The second-order valence-corrected chi connectivity index (χ2v) is 7.82. The third-order valence-electron chi connectivity index (χ3n) is 4.12. The van der Waals surface area contributed by atoms with Gasteiger partial charge in [0.1, 0.15) is 5.37 Å². The van der Waals surface area contributed by atoms with Crippen LogP contribution in [0.5, 0.6) is 0 Å². The largest absolute Gasteiger partial charge is 0.416 e. The van der Waals surface area contributed by atoms with Crippen molar-refractivity contribution in [3.05, 3.63) is 64.2 Å². The van der Waals surface area contributed by atoms with Crippen molar-refractivity contribution in [1.82, 2.24) is 4.90 Å². The number of thioether (sulfide) groups is 1. The second kappa shape index (κ2) is 7.98. The Morgan fingerprint density at radius 3 is 2.21 bits per heavy atom. The molecule has 0 radical (unpaired) electrons. The maximum atomic E-state index is 13.0. The van der Waals surface area contributed by atoms with Gasteiger partial charge in [-0.15, -0.1) is 11.8 Å². The lowest BCUT2D eigenvalue weighted by molar-refractivity contribution is -0.143. The summed E-state index contributed by atoms with van der Waals surface area (Å²) in [6.07, 6.45) is -9.99. The van der Waals surface area contributed by atoms with Gasteiger partial charge in [0.15, 0.2) is 0 Å². The molecule has 156 valence electrons. The van der Waals surface area contributed by atoms with E-state index in [0.29, 0.717) is 28.5 Å². The molecular formula is C18H13ClF6N2OS. The summed E-state index contributed by atoms with van der Waals surface area (Å²) < 4.78 is 77.9. The third-order valence-corrected chi connectivity index (χ3v) is 5.62. The Morgan fingerprint density at radius 1 is 1.03 bits per heavy atom. The van der Waals surface area contributed by atoms with Crippen molar-refractivity contribution in [2.24, 2.45) is 0 Å². The van der Waals surface area contributed by atoms with E-state index in [1.165, 1.54) is 16.7 Å². The topological polar surface area (TPSA) is 32.3 Å². The molecule has 2 aromatic rings. The number of anilines is 1. The number of carbonyl (C=O) groups excluding carboxylic acids is 1. The van der Waals surface area contributed by atoms with Crippen LogP contribution in [-0.2, 0) is 12.4 Å². The molecule has 0 saturated carbocycles. The maximum absolute atomic E-state index is 13.0. The van der Waals surface area contributed by atoms with E-state index in [0.717, 1.165) is 0 Å². The molecule has 1 aliphatic heterocycles. The van der Waals surface area contributed by atoms with Crippen LogP contribution in [0.15, 0.2) is 42.5 Å². The molecule has 11 heteroatoms. The van der Waals surface area contributed by atoms with Gasteiger partial charge in [-0.3, -0.25) is 0 Å². The van der Waals surface area contributed by atoms with Crippen LogP contribution in [0.1, 0.15) is 22.1 Å². The zero-order chi connectivity index (χ0) is 21.4. The van der Waals surface area contributed by atoms with E-state index in [2.05, 4.69) is 5.32 Å². The van der Waals surface area contributed by atoms with Crippen LogP contribution in [0.25, 0.3) is 0 Å². The van der Waals surface area contributed by atoms with Gasteiger partial charge in [0.2, 0.25) is 0 Å². The van der Waals surface area contributed by atoms with Gasteiger partial charge < -0.3 is 10.2 Å². The molecule has 1 aliphatic rings. The fourth-order valence-corrected chi connectivity index (χ4v) is 4.28. The van der Waals surface area contributed by atoms with Crippen molar-refractivity contribution < 1.29 is 31.1 Å². The number of amides is 2. The number of hydrogen-bond donors (Lipinski definition) is 1. The van der Waals surface area contributed by atoms with Crippen LogP contribution in [0, 0.1) is 0 Å². The molecule has 1 heterocycles. The van der Waals surface area contributed by atoms with Crippen LogP contribution in [0.2, 0.25) is 5.02 Å². The smallest absolute Gasteiger partial charge is 0.308 e. The Labute approximate surface area is 171 Å². The molecule has 29 heavy (non-hydrogen) atoms. The highest BCUT2D eigenvalue weighted by Crippen LogP contribution is 2.40. The minimum Gasteiger partial charge on any atom is -0.308 e. The molecule has 0 aromatic heterocycles. The van der Waals surface area contributed by atoms with Crippen LogP contribution in [-0.4, -0.2) is 23.2 Å². The Balaban J connectivity index is 1.88. The number of carbonyl (C=O) groups is 1. The van der Waals surface area contributed by atoms with Gasteiger partial charge in [-0.1, -0.05) is 23.7 Å². The summed E-state index contributed by atoms with van der Waals surface area (Å²) in [5.74, 6) is 0.557. The molecular weight excluding hydrogens is 442 g/mol. The molecule has 3 rings (SSSR count). The summed E-state index contributed by atoms with van der Waals surface area (Å²) in [7, 11) is 0. The average molecular weight is 455 g/mol. The van der Waals surface area contributed by atoms with Crippen molar-refractivity contribution in [2.75, 3.05) is 17.6 Å². The first-order chi connectivity index (χ1) is 13.4. The Kier molecular flexibility index (Phi) is 5.96. The Hall–Kier alpha value is -2.07. The summed E-state index contributed by atoms with van der Waals surface area (Å²) >= 11 is 7.37. The number of rotatable bonds is 2. The van der Waals surface area contributed by atoms with Crippen molar-refractivity contribution >= 4 is 35.1 Å². The van der Waals surface area contributed by atoms with E-state index >= 15 is 0 Å². The molecule has 0 bridgehead atoms. The molecule has 2 aromatic carbocycles. The maximum Gasteiger partial charge on any atom is 0.416 e. The predicted molar refractivity (Wildman–Crippen MR) is 98.8 cm³/mol. The fourth-order valence-electron chi connectivity index (χ4n) is 2.84. The molecule has 0 spiro atoms. The first kappa shape index (κ1) is 21.6. The monoisotopic (exact) mass is 454 g/mol. The van der Waals surface area contributed by atoms with Crippen LogP contribution >= 0.6 is 23.4 Å². The lowest BCUT2D eigenvalue weighted by atomic mass is 10.1. The minimum atomic E-state index is -4.99. The number of hydrogen-bond acceptors (Lipinski definition) is 2. The number of halogens is 7. The fraction of sp³-hybridized carbons (Fsp3) is 0.278. The average Bonchev–Trinajstić information content (AvgIpc) is 3.10. The third kappa shape index (κ3) is 5.11. The Morgan fingerprint density at radius 2 is 1.66 bits per heavy atom. The number of alkyl halides is 6. The highest BCUT2D eigenvalue weighted by molar-refractivity contribution is 7.99. The van der Waals surface area contributed by atoms with Crippen molar-refractivity contribution in [3.8, 4) is 0 Å². The zero-order valence-electron chi connectivity index (χ0n) is 14.4. The van der Waals surface area contributed by atoms with Gasteiger partial charge in [0.05, 0.1) is 11.1 Å². The van der Waals surface area contributed by atoms with Crippen LogP contribution in [0.3, 0.4) is 0 Å². The van der Waals surface area contributed by atoms with Gasteiger partial charge in [-0.2, -0.15) is 26.3 Å². The molecule has 1 N–H and O–H groups in total. The SMILES string of the molecule is O=C(Nc1cc(C(F)(F)F)cc(C(F)(F)F)c1)N1CCSC1c1cccc(Cl)c1. The lowest BCUT2D eigenvalue weighted by Gasteiger charge is -2.25. The van der Waals surface area contributed by atoms with Gasteiger partial charge in [-0.05, 0) is 35.9 Å². The van der Waals surface area contributed by atoms with E-state index in [-0.39, 0.29) is 12.6 Å².